The molecule has 32 heavy (non-hydrogen) atoms. The lowest BCUT2D eigenvalue weighted by molar-refractivity contribution is -0.123. The van der Waals surface area contributed by atoms with Crippen molar-refractivity contribution in [2.75, 3.05) is 31.6 Å². The van der Waals surface area contributed by atoms with Gasteiger partial charge in [0.1, 0.15) is 5.58 Å². The quantitative estimate of drug-likeness (QED) is 0.565. The number of esters is 1. The normalized spacial score (nSPS) is 15.9. The van der Waals surface area contributed by atoms with Gasteiger partial charge in [-0.1, -0.05) is 24.3 Å². The average Bonchev–Trinajstić information content (AvgIpc) is 3.24. The topological polar surface area (TPSA) is 115 Å². The second kappa shape index (κ2) is 9.11. The van der Waals surface area contributed by atoms with Crippen LogP contribution in [0.1, 0.15) is 17.5 Å². The maximum absolute atomic E-state index is 12.8. The van der Waals surface area contributed by atoms with Gasteiger partial charge in [-0.2, -0.15) is 4.31 Å². The number of para-hydroxylation sites is 1. The minimum atomic E-state index is -3.70. The number of sulfonamides is 1. The summed E-state index contributed by atoms with van der Waals surface area (Å²) in [5.41, 5.74) is 0.811. The molecule has 0 saturated carbocycles. The van der Waals surface area contributed by atoms with Crippen molar-refractivity contribution in [3.8, 4) is 0 Å². The summed E-state index contributed by atoms with van der Waals surface area (Å²) in [5.74, 6) is -1.38. The fourth-order valence-corrected chi connectivity index (χ4v) is 4.72. The first-order chi connectivity index (χ1) is 15.3. The number of amides is 1. The number of furan rings is 1. The first-order valence-corrected chi connectivity index (χ1v) is 11.5. The Morgan fingerprint density at radius 2 is 1.81 bits per heavy atom. The number of hydrogen-bond donors (Lipinski definition) is 1. The lowest BCUT2D eigenvalue weighted by atomic mass is 10.2. The van der Waals surface area contributed by atoms with E-state index in [1.54, 1.807) is 30.3 Å². The molecule has 4 rings (SSSR count). The van der Waals surface area contributed by atoms with Crippen LogP contribution >= 0.6 is 0 Å². The Morgan fingerprint density at radius 3 is 2.56 bits per heavy atom. The fourth-order valence-electron chi connectivity index (χ4n) is 3.27. The van der Waals surface area contributed by atoms with Crippen LogP contribution in [0.15, 0.2) is 63.9 Å². The first kappa shape index (κ1) is 22.0. The van der Waals surface area contributed by atoms with Crippen LogP contribution < -0.4 is 5.32 Å². The van der Waals surface area contributed by atoms with Crippen LogP contribution in [0.4, 0.5) is 5.69 Å². The largest absolute Gasteiger partial charge is 0.449 e. The number of fused-ring (bicyclic) bond motifs is 1. The van der Waals surface area contributed by atoms with Crippen LogP contribution in [-0.2, 0) is 24.3 Å². The van der Waals surface area contributed by atoms with Crippen molar-refractivity contribution in [3.05, 3.63) is 60.4 Å². The highest BCUT2D eigenvalue weighted by Gasteiger charge is 2.27. The third-order valence-electron chi connectivity index (χ3n) is 4.99. The third-order valence-corrected chi connectivity index (χ3v) is 6.88. The number of nitrogens with one attached hydrogen (secondary N) is 1. The van der Waals surface area contributed by atoms with Crippen molar-refractivity contribution < 1.29 is 31.9 Å². The summed E-state index contributed by atoms with van der Waals surface area (Å²) in [6.45, 7) is 2.64. The second-order valence-corrected chi connectivity index (χ2v) is 9.17. The second-order valence-electron chi connectivity index (χ2n) is 7.23. The molecule has 1 aliphatic heterocycles. The molecule has 10 heteroatoms. The van der Waals surface area contributed by atoms with Gasteiger partial charge in [0.25, 0.3) is 5.91 Å². The number of carbonyl (C=O) groups excluding carboxylic acids is 2. The van der Waals surface area contributed by atoms with E-state index in [1.807, 2.05) is 6.07 Å². The van der Waals surface area contributed by atoms with Gasteiger partial charge in [0, 0.05) is 24.2 Å². The van der Waals surface area contributed by atoms with E-state index in [0.717, 1.165) is 5.39 Å². The Balaban J connectivity index is 1.42. The molecule has 1 aromatic heterocycles. The van der Waals surface area contributed by atoms with E-state index in [-0.39, 0.29) is 29.4 Å². The minimum absolute atomic E-state index is 0.00977. The predicted molar refractivity (Wildman–Crippen MR) is 116 cm³/mol. The first-order valence-electron chi connectivity index (χ1n) is 10.0. The number of rotatable bonds is 6. The molecule has 2 heterocycles. The van der Waals surface area contributed by atoms with Crippen LogP contribution in [0.3, 0.4) is 0 Å². The maximum Gasteiger partial charge on any atom is 0.375 e. The van der Waals surface area contributed by atoms with Gasteiger partial charge in [0.05, 0.1) is 18.1 Å². The number of benzene rings is 2. The Hall–Kier alpha value is -3.21. The fraction of sp³-hybridized carbons (Fsp3) is 0.273. The molecule has 1 aliphatic rings. The minimum Gasteiger partial charge on any atom is -0.449 e. The Kier molecular flexibility index (Phi) is 6.26. The van der Waals surface area contributed by atoms with E-state index in [1.165, 1.54) is 29.4 Å². The zero-order valence-electron chi connectivity index (χ0n) is 17.3. The highest BCUT2D eigenvalue weighted by molar-refractivity contribution is 7.89. The van der Waals surface area contributed by atoms with Gasteiger partial charge in [-0.3, -0.25) is 4.79 Å². The van der Waals surface area contributed by atoms with Gasteiger partial charge < -0.3 is 19.2 Å². The van der Waals surface area contributed by atoms with Crippen molar-refractivity contribution in [1.29, 1.82) is 0 Å². The summed E-state index contributed by atoms with van der Waals surface area (Å²) in [6.07, 6.45) is -1.13. The van der Waals surface area contributed by atoms with Crippen LogP contribution in [0, 0.1) is 0 Å². The van der Waals surface area contributed by atoms with Gasteiger partial charge in [0.15, 0.2) is 6.10 Å². The smallest absolute Gasteiger partial charge is 0.375 e. The van der Waals surface area contributed by atoms with E-state index < -0.39 is 28.0 Å². The Labute approximate surface area is 184 Å². The van der Waals surface area contributed by atoms with E-state index in [0.29, 0.717) is 18.8 Å². The molecule has 0 bridgehead atoms. The molecule has 2 aromatic carbocycles. The van der Waals surface area contributed by atoms with E-state index in [4.69, 9.17) is 13.9 Å². The summed E-state index contributed by atoms with van der Waals surface area (Å²) in [4.78, 5) is 24.9. The zero-order valence-corrected chi connectivity index (χ0v) is 18.1. The molecule has 0 aliphatic carbocycles. The van der Waals surface area contributed by atoms with Gasteiger partial charge in [-0.25, -0.2) is 13.2 Å². The third kappa shape index (κ3) is 4.67. The summed E-state index contributed by atoms with van der Waals surface area (Å²) in [6, 6.07) is 14.6. The van der Waals surface area contributed by atoms with Gasteiger partial charge in [-0.15, -0.1) is 0 Å². The molecule has 3 aromatic rings. The molecule has 0 radical (unpaired) electrons. The van der Waals surface area contributed by atoms with Crippen molar-refractivity contribution in [2.24, 2.45) is 0 Å². The summed E-state index contributed by atoms with van der Waals surface area (Å²) >= 11 is 0. The Morgan fingerprint density at radius 1 is 1.06 bits per heavy atom. The molecule has 1 saturated heterocycles. The standard InChI is InChI=1S/C22H22N2O7S/c1-15(30-22(26)20-13-16-5-2-3-8-19(16)31-20)21(25)23-17-6-4-7-18(14-17)32(27,28)24-9-11-29-12-10-24/h2-8,13-15H,9-12H2,1H3,(H,23,25). The summed E-state index contributed by atoms with van der Waals surface area (Å²) < 4.78 is 42.8. The molecule has 0 spiro atoms. The number of nitrogens with zero attached hydrogens (tertiary/aromatic N) is 1. The van der Waals surface area contributed by atoms with E-state index in [9.17, 15) is 18.0 Å². The molecule has 1 amide bonds. The van der Waals surface area contributed by atoms with Gasteiger partial charge in [0.2, 0.25) is 15.8 Å². The lowest BCUT2D eigenvalue weighted by Gasteiger charge is -2.26. The summed E-state index contributed by atoms with van der Waals surface area (Å²) in [7, 11) is -3.70. The average molecular weight is 458 g/mol. The number of anilines is 1. The van der Waals surface area contributed by atoms with Crippen molar-refractivity contribution >= 4 is 38.6 Å². The molecule has 1 atom stereocenters. The lowest BCUT2D eigenvalue weighted by Crippen LogP contribution is -2.40. The number of ether oxygens (including phenoxy) is 2. The van der Waals surface area contributed by atoms with Crippen LogP contribution in [0.2, 0.25) is 0 Å². The van der Waals surface area contributed by atoms with Gasteiger partial charge in [-0.05, 0) is 37.3 Å². The molecule has 168 valence electrons. The van der Waals surface area contributed by atoms with Crippen LogP contribution in [0.25, 0.3) is 11.0 Å². The number of morpholine rings is 1. The molecule has 1 N–H and O–H groups in total. The predicted octanol–water partition coefficient (Wildman–Crippen LogP) is 2.64. The molecule has 9 nitrogen and oxygen atoms in total. The molecular formula is C22H22N2O7S. The van der Waals surface area contributed by atoms with Crippen molar-refractivity contribution in [1.82, 2.24) is 4.31 Å². The molecular weight excluding hydrogens is 436 g/mol. The molecule has 1 unspecified atom stereocenters. The van der Waals surface area contributed by atoms with Crippen molar-refractivity contribution in [2.45, 2.75) is 17.9 Å². The van der Waals surface area contributed by atoms with Gasteiger partial charge >= 0.3 is 5.97 Å². The Bertz CT molecular complexity index is 1210. The monoisotopic (exact) mass is 458 g/mol. The van der Waals surface area contributed by atoms with E-state index >= 15 is 0 Å². The van der Waals surface area contributed by atoms with Crippen LogP contribution in [-0.4, -0.2) is 57.0 Å². The highest BCUT2D eigenvalue weighted by Crippen LogP contribution is 2.22. The summed E-state index contributed by atoms with van der Waals surface area (Å²) in [5, 5.41) is 3.33. The van der Waals surface area contributed by atoms with E-state index in [2.05, 4.69) is 5.32 Å². The maximum atomic E-state index is 12.8. The highest BCUT2D eigenvalue weighted by atomic mass is 32.2. The van der Waals surface area contributed by atoms with Crippen LogP contribution in [0.5, 0.6) is 0 Å². The SMILES string of the molecule is CC(OC(=O)c1cc2ccccc2o1)C(=O)Nc1cccc(S(=O)(=O)N2CCOCC2)c1. The zero-order chi connectivity index (χ0) is 22.7. The number of carbonyl (C=O) groups is 2. The molecule has 1 fully saturated rings. The van der Waals surface area contributed by atoms with Crippen molar-refractivity contribution in [3.63, 3.8) is 0 Å². The number of hydrogen-bond acceptors (Lipinski definition) is 7.